The predicted molar refractivity (Wildman–Crippen MR) is 47.5 cm³/mol. The lowest BCUT2D eigenvalue weighted by molar-refractivity contribution is -0.0751. The van der Waals surface area contributed by atoms with E-state index in [9.17, 15) is 0 Å². The van der Waals surface area contributed by atoms with Crippen LogP contribution in [0, 0.1) is 0 Å². The van der Waals surface area contributed by atoms with Crippen LogP contribution in [0.3, 0.4) is 0 Å². The molecule has 0 amide bonds. The summed E-state index contributed by atoms with van der Waals surface area (Å²) < 4.78 is 10.4. The molecular weight excluding hydrogens is 184 g/mol. The van der Waals surface area contributed by atoms with Gasteiger partial charge in [0.25, 0.3) is 0 Å². The van der Waals surface area contributed by atoms with Gasteiger partial charge < -0.3 is 14.4 Å². The second-order valence-corrected chi connectivity index (χ2v) is 3.68. The van der Waals surface area contributed by atoms with Gasteiger partial charge in [-0.05, 0) is 19.3 Å². The molecular formula is C9H14N2O3. The van der Waals surface area contributed by atoms with Crippen LogP contribution in [-0.4, -0.2) is 28.0 Å². The summed E-state index contributed by atoms with van der Waals surface area (Å²) in [5.41, 5.74) is -0.0980. The molecule has 1 aromatic heterocycles. The molecule has 1 aliphatic carbocycles. The highest BCUT2D eigenvalue weighted by Gasteiger charge is 2.38. The SMILES string of the molecule is COC1(Cc2nc(CO)no2)CCC1. The van der Waals surface area contributed by atoms with Crippen LogP contribution in [0.15, 0.2) is 4.52 Å². The number of aromatic nitrogens is 2. The molecule has 0 spiro atoms. The lowest BCUT2D eigenvalue weighted by Crippen LogP contribution is -2.41. The standard InChI is InChI=1S/C9H14N2O3/c1-13-9(3-2-4-9)5-8-10-7(6-12)11-14-8/h12H,2-6H2,1H3. The molecule has 2 rings (SSSR count). The Balaban J connectivity index is 2.02. The molecule has 1 aliphatic rings. The topological polar surface area (TPSA) is 68.4 Å². The normalized spacial score (nSPS) is 19.3. The van der Waals surface area contributed by atoms with Gasteiger partial charge in [-0.1, -0.05) is 5.16 Å². The molecule has 1 N–H and O–H groups in total. The molecule has 0 atom stereocenters. The van der Waals surface area contributed by atoms with Gasteiger partial charge in [0.2, 0.25) is 5.89 Å². The van der Waals surface area contributed by atoms with Crippen LogP contribution >= 0.6 is 0 Å². The molecule has 1 heterocycles. The van der Waals surface area contributed by atoms with E-state index in [2.05, 4.69) is 10.1 Å². The van der Waals surface area contributed by atoms with E-state index in [1.807, 2.05) is 0 Å². The molecule has 0 aliphatic heterocycles. The zero-order valence-electron chi connectivity index (χ0n) is 8.19. The molecule has 1 aromatic rings. The first-order valence-corrected chi connectivity index (χ1v) is 4.75. The van der Waals surface area contributed by atoms with E-state index in [1.54, 1.807) is 7.11 Å². The number of rotatable bonds is 4. The summed E-state index contributed by atoms with van der Waals surface area (Å²) in [5.74, 6) is 0.890. The largest absolute Gasteiger partial charge is 0.388 e. The minimum Gasteiger partial charge on any atom is -0.388 e. The van der Waals surface area contributed by atoms with Gasteiger partial charge in [0.15, 0.2) is 5.82 Å². The molecule has 0 aromatic carbocycles. The van der Waals surface area contributed by atoms with E-state index in [0.717, 1.165) is 12.8 Å². The minimum atomic E-state index is -0.177. The van der Waals surface area contributed by atoms with Crippen molar-refractivity contribution < 1.29 is 14.4 Å². The summed E-state index contributed by atoms with van der Waals surface area (Å²) in [7, 11) is 1.71. The lowest BCUT2D eigenvalue weighted by atomic mass is 9.77. The van der Waals surface area contributed by atoms with Crippen molar-refractivity contribution in [3.8, 4) is 0 Å². The van der Waals surface area contributed by atoms with Gasteiger partial charge in [0, 0.05) is 7.11 Å². The van der Waals surface area contributed by atoms with Gasteiger partial charge >= 0.3 is 0 Å². The first-order valence-electron chi connectivity index (χ1n) is 4.75. The maximum absolute atomic E-state index is 8.76. The van der Waals surface area contributed by atoms with Crippen molar-refractivity contribution in [2.24, 2.45) is 0 Å². The number of aliphatic hydroxyl groups is 1. The number of hydrogen-bond acceptors (Lipinski definition) is 5. The van der Waals surface area contributed by atoms with E-state index >= 15 is 0 Å². The van der Waals surface area contributed by atoms with E-state index in [1.165, 1.54) is 6.42 Å². The van der Waals surface area contributed by atoms with Crippen molar-refractivity contribution in [1.82, 2.24) is 10.1 Å². The number of ether oxygens (including phenoxy) is 1. The highest BCUT2D eigenvalue weighted by atomic mass is 16.5. The third kappa shape index (κ3) is 1.65. The van der Waals surface area contributed by atoms with Gasteiger partial charge in [-0.3, -0.25) is 0 Å². The Hall–Kier alpha value is -0.940. The molecule has 1 saturated carbocycles. The van der Waals surface area contributed by atoms with Crippen LogP contribution in [0.2, 0.25) is 0 Å². The molecule has 0 bridgehead atoms. The Morgan fingerprint density at radius 1 is 1.57 bits per heavy atom. The van der Waals surface area contributed by atoms with E-state index in [0.29, 0.717) is 18.1 Å². The molecule has 5 heteroatoms. The fourth-order valence-electron chi connectivity index (χ4n) is 1.73. The summed E-state index contributed by atoms with van der Waals surface area (Å²) in [4.78, 5) is 4.04. The van der Waals surface area contributed by atoms with Gasteiger partial charge in [0.05, 0.1) is 12.0 Å². The molecule has 78 valence electrons. The zero-order chi connectivity index (χ0) is 10.0. The third-order valence-corrected chi connectivity index (χ3v) is 2.82. The summed E-state index contributed by atoms with van der Waals surface area (Å²) in [6.45, 7) is -0.177. The average Bonchev–Trinajstić information content (AvgIpc) is 2.59. The molecule has 5 nitrogen and oxygen atoms in total. The van der Waals surface area contributed by atoms with Crippen LogP contribution in [0.4, 0.5) is 0 Å². The highest BCUT2D eigenvalue weighted by molar-refractivity contribution is 4.98. The van der Waals surface area contributed by atoms with Crippen molar-refractivity contribution >= 4 is 0 Å². The molecule has 0 radical (unpaired) electrons. The number of nitrogens with zero attached hydrogens (tertiary/aromatic N) is 2. The minimum absolute atomic E-state index is 0.0980. The van der Waals surface area contributed by atoms with Crippen molar-refractivity contribution in [1.29, 1.82) is 0 Å². The summed E-state index contributed by atoms with van der Waals surface area (Å²) in [6, 6.07) is 0. The summed E-state index contributed by atoms with van der Waals surface area (Å²) >= 11 is 0. The Kier molecular flexibility index (Phi) is 2.52. The molecule has 14 heavy (non-hydrogen) atoms. The van der Waals surface area contributed by atoms with Crippen molar-refractivity contribution in [2.45, 2.75) is 37.9 Å². The van der Waals surface area contributed by atoms with E-state index in [4.69, 9.17) is 14.4 Å². The van der Waals surface area contributed by atoms with Crippen LogP contribution in [-0.2, 0) is 17.8 Å². The first kappa shape index (κ1) is 9.61. The third-order valence-electron chi connectivity index (χ3n) is 2.82. The van der Waals surface area contributed by atoms with Crippen molar-refractivity contribution in [3.63, 3.8) is 0 Å². The first-order chi connectivity index (χ1) is 6.78. The average molecular weight is 198 g/mol. The quantitative estimate of drug-likeness (QED) is 0.770. The van der Waals surface area contributed by atoms with E-state index in [-0.39, 0.29) is 12.2 Å². The van der Waals surface area contributed by atoms with Gasteiger partial charge in [-0.2, -0.15) is 4.98 Å². The Morgan fingerprint density at radius 2 is 2.36 bits per heavy atom. The van der Waals surface area contributed by atoms with Crippen LogP contribution in [0.1, 0.15) is 31.0 Å². The number of aliphatic hydroxyl groups excluding tert-OH is 1. The van der Waals surface area contributed by atoms with E-state index < -0.39 is 0 Å². The number of methoxy groups -OCH3 is 1. The molecule has 1 fully saturated rings. The Bertz CT molecular complexity index is 301. The van der Waals surface area contributed by atoms with Crippen LogP contribution in [0.5, 0.6) is 0 Å². The van der Waals surface area contributed by atoms with Gasteiger partial charge in [-0.25, -0.2) is 0 Å². The van der Waals surface area contributed by atoms with Crippen molar-refractivity contribution in [2.75, 3.05) is 7.11 Å². The van der Waals surface area contributed by atoms with Crippen molar-refractivity contribution in [3.05, 3.63) is 11.7 Å². The molecule has 0 unspecified atom stereocenters. The highest BCUT2D eigenvalue weighted by Crippen LogP contribution is 2.37. The van der Waals surface area contributed by atoms with Gasteiger partial charge in [0.1, 0.15) is 6.61 Å². The second kappa shape index (κ2) is 3.67. The number of hydrogen-bond donors (Lipinski definition) is 1. The Labute approximate surface area is 82.1 Å². The second-order valence-electron chi connectivity index (χ2n) is 3.68. The predicted octanol–water partition coefficient (Wildman–Crippen LogP) is 0.674. The Morgan fingerprint density at radius 3 is 2.79 bits per heavy atom. The fourth-order valence-corrected chi connectivity index (χ4v) is 1.73. The maximum atomic E-state index is 8.76. The fraction of sp³-hybridized carbons (Fsp3) is 0.778. The smallest absolute Gasteiger partial charge is 0.229 e. The monoisotopic (exact) mass is 198 g/mol. The zero-order valence-corrected chi connectivity index (χ0v) is 8.19. The molecule has 0 saturated heterocycles. The van der Waals surface area contributed by atoms with Gasteiger partial charge in [-0.15, -0.1) is 0 Å². The van der Waals surface area contributed by atoms with Crippen LogP contribution in [0.25, 0.3) is 0 Å². The summed E-state index contributed by atoms with van der Waals surface area (Å²) in [5, 5.41) is 12.4. The van der Waals surface area contributed by atoms with Crippen LogP contribution < -0.4 is 0 Å². The summed E-state index contributed by atoms with van der Waals surface area (Å²) in [6.07, 6.45) is 3.92. The maximum Gasteiger partial charge on any atom is 0.229 e. The lowest BCUT2D eigenvalue weighted by Gasteiger charge is -2.39.